The number of ether oxygens (including phenoxy) is 2. The molecule has 1 aliphatic carbocycles. The molecule has 0 spiro atoms. The Morgan fingerprint density at radius 2 is 1.93 bits per heavy atom. The molecular weight excluding hydrogens is 424 g/mol. The molecule has 3 rings (SSSR count). The number of nitrogens with one attached hydrogen (secondary N) is 1. The van der Waals surface area contributed by atoms with Gasteiger partial charge in [-0.2, -0.15) is 0 Å². The molecule has 0 heterocycles. The van der Waals surface area contributed by atoms with E-state index in [4.69, 9.17) is 32.7 Å². The van der Waals surface area contributed by atoms with Crippen LogP contribution in [0.1, 0.15) is 50.2 Å². The molecule has 0 amide bonds. The van der Waals surface area contributed by atoms with Crippen LogP contribution in [0.5, 0.6) is 11.5 Å². The average Bonchev–Trinajstić information content (AvgIpc) is 2.73. The van der Waals surface area contributed by atoms with Crippen molar-refractivity contribution in [2.24, 2.45) is 0 Å². The van der Waals surface area contributed by atoms with Crippen molar-refractivity contribution >= 4 is 23.2 Å². The van der Waals surface area contributed by atoms with Crippen LogP contribution in [0, 0.1) is 5.82 Å². The highest BCUT2D eigenvalue weighted by molar-refractivity contribution is 6.32. The summed E-state index contributed by atoms with van der Waals surface area (Å²) in [6.45, 7) is 4.23. The van der Waals surface area contributed by atoms with Gasteiger partial charge in [0.15, 0.2) is 11.5 Å². The first-order valence-electron chi connectivity index (χ1n) is 10.5. The van der Waals surface area contributed by atoms with Crippen LogP contribution in [0.2, 0.25) is 10.0 Å². The summed E-state index contributed by atoms with van der Waals surface area (Å²) < 4.78 is 24.9. The number of hydrogen-bond donors (Lipinski definition) is 1. The normalized spacial score (nSPS) is 13.8. The van der Waals surface area contributed by atoms with Crippen LogP contribution in [0.3, 0.4) is 0 Å². The fraction of sp³-hybridized carbons (Fsp3) is 0.417. The lowest BCUT2D eigenvalue weighted by atomic mass is 9.97. The quantitative estimate of drug-likeness (QED) is 0.308. The number of halogens is 3. The molecule has 0 atom stereocenters. The summed E-state index contributed by atoms with van der Waals surface area (Å²) in [6, 6.07) is 8.06. The van der Waals surface area contributed by atoms with Crippen LogP contribution >= 0.6 is 23.2 Å². The monoisotopic (exact) mass is 451 g/mol. The molecule has 0 radical (unpaired) electrons. The third kappa shape index (κ3) is 6.63. The minimum atomic E-state index is -0.381. The van der Waals surface area contributed by atoms with Crippen molar-refractivity contribution in [1.82, 2.24) is 5.32 Å². The zero-order valence-corrected chi connectivity index (χ0v) is 18.8. The van der Waals surface area contributed by atoms with Gasteiger partial charge in [-0.1, -0.05) is 40.9 Å². The lowest BCUT2D eigenvalue weighted by molar-refractivity contribution is 0.269. The zero-order valence-electron chi connectivity index (χ0n) is 17.3. The molecule has 162 valence electrons. The first-order valence-corrected chi connectivity index (χ1v) is 11.2. The lowest BCUT2D eigenvalue weighted by Crippen LogP contribution is -2.16. The lowest BCUT2D eigenvalue weighted by Gasteiger charge is -2.16. The number of rotatable bonds is 10. The summed E-state index contributed by atoms with van der Waals surface area (Å²) in [7, 11) is 0. The van der Waals surface area contributed by atoms with Crippen molar-refractivity contribution in [3.8, 4) is 11.5 Å². The van der Waals surface area contributed by atoms with E-state index in [1.165, 1.54) is 37.8 Å². The van der Waals surface area contributed by atoms with Crippen LogP contribution in [0.15, 0.2) is 42.0 Å². The van der Waals surface area contributed by atoms with Crippen molar-refractivity contribution in [2.45, 2.75) is 52.2 Å². The van der Waals surface area contributed by atoms with Crippen molar-refractivity contribution < 1.29 is 13.9 Å². The van der Waals surface area contributed by atoms with Crippen LogP contribution in [0.4, 0.5) is 4.39 Å². The van der Waals surface area contributed by atoms with E-state index in [0.717, 1.165) is 18.5 Å². The molecule has 0 aliphatic heterocycles. The minimum absolute atomic E-state index is 0.172. The second-order valence-electron chi connectivity index (χ2n) is 7.40. The highest BCUT2D eigenvalue weighted by Gasteiger charge is 2.14. The third-order valence-corrected chi connectivity index (χ3v) is 5.73. The predicted octanol–water partition coefficient (Wildman–Crippen LogP) is 7.09. The van der Waals surface area contributed by atoms with Crippen molar-refractivity contribution in [3.63, 3.8) is 0 Å². The van der Waals surface area contributed by atoms with E-state index in [9.17, 15) is 4.39 Å². The smallest absolute Gasteiger partial charge is 0.180 e. The molecule has 1 N–H and O–H groups in total. The Labute approximate surface area is 188 Å². The van der Waals surface area contributed by atoms with Gasteiger partial charge >= 0.3 is 0 Å². The molecule has 3 nitrogen and oxygen atoms in total. The van der Waals surface area contributed by atoms with Gasteiger partial charge in [-0.25, -0.2) is 4.39 Å². The predicted molar refractivity (Wildman–Crippen MR) is 121 cm³/mol. The second kappa shape index (κ2) is 11.6. The van der Waals surface area contributed by atoms with Gasteiger partial charge in [0.25, 0.3) is 0 Å². The van der Waals surface area contributed by atoms with Gasteiger partial charge in [0, 0.05) is 12.1 Å². The highest BCUT2D eigenvalue weighted by Crippen LogP contribution is 2.37. The maximum atomic E-state index is 13.2. The summed E-state index contributed by atoms with van der Waals surface area (Å²) in [5.41, 5.74) is 3.28. The first kappa shape index (κ1) is 22.9. The van der Waals surface area contributed by atoms with E-state index in [1.807, 2.05) is 19.1 Å². The van der Waals surface area contributed by atoms with Crippen LogP contribution in [-0.2, 0) is 13.2 Å². The van der Waals surface area contributed by atoms with Gasteiger partial charge < -0.3 is 14.8 Å². The Morgan fingerprint density at radius 3 is 2.67 bits per heavy atom. The van der Waals surface area contributed by atoms with Crippen molar-refractivity contribution in [3.05, 3.63) is 69.0 Å². The molecule has 6 heteroatoms. The molecule has 0 saturated heterocycles. The van der Waals surface area contributed by atoms with E-state index in [-0.39, 0.29) is 12.4 Å². The van der Waals surface area contributed by atoms with Gasteiger partial charge in [-0.3, -0.25) is 0 Å². The number of hydrogen-bond acceptors (Lipinski definition) is 3. The van der Waals surface area contributed by atoms with Gasteiger partial charge in [-0.05, 0) is 75.4 Å². The molecular formula is C24H28Cl2FNO2. The fourth-order valence-corrected chi connectivity index (χ4v) is 4.04. The molecule has 2 aromatic rings. The van der Waals surface area contributed by atoms with Gasteiger partial charge in [-0.15, -0.1) is 0 Å². The molecule has 30 heavy (non-hydrogen) atoms. The zero-order chi connectivity index (χ0) is 21.3. The van der Waals surface area contributed by atoms with Crippen molar-refractivity contribution in [1.29, 1.82) is 0 Å². The highest BCUT2D eigenvalue weighted by atomic mass is 35.5. The minimum Gasteiger partial charge on any atom is -0.490 e. The SMILES string of the molecule is CCOc1cc(CNCCC2=CCCCC2)cc(Cl)c1OCc1ccc(F)cc1Cl. The average molecular weight is 452 g/mol. The molecule has 0 unspecified atom stereocenters. The Balaban J connectivity index is 1.62. The Hall–Kier alpha value is -1.75. The van der Waals surface area contributed by atoms with E-state index in [1.54, 1.807) is 11.6 Å². The van der Waals surface area contributed by atoms with Gasteiger partial charge in [0.2, 0.25) is 0 Å². The maximum absolute atomic E-state index is 13.2. The summed E-state index contributed by atoms with van der Waals surface area (Å²) in [5, 5.41) is 4.28. The maximum Gasteiger partial charge on any atom is 0.180 e. The number of allylic oxidation sites excluding steroid dienone is 1. The summed E-state index contributed by atoms with van der Waals surface area (Å²) in [6.07, 6.45) is 8.54. The summed E-state index contributed by atoms with van der Waals surface area (Å²) >= 11 is 12.6. The molecule has 1 aliphatic rings. The molecule has 0 saturated carbocycles. The standard InChI is InChI=1S/C24H28Cl2FNO2/c1-2-29-23-13-18(15-28-11-10-17-6-4-3-5-7-17)12-22(26)24(23)30-16-19-8-9-20(27)14-21(19)25/h6,8-9,12-14,28H,2-5,7,10-11,15-16H2,1H3. The Bertz CT molecular complexity index is 886. The number of benzene rings is 2. The largest absolute Gasteiger partial charge is 0.490 e. The molecule has 0 bridgehead atoms. The second-order valence-corrected chi connectivity index (χ2v) is 8.21. The van der Waals surface area contributed by atoms with E-state index >= 15 is 0 Å². The topological polar surface area (TPSA) is 30.5 Å². The van der Waals surface area contributed by atoms with Crippen LogP contribution in [0.25, 0.3) is 0 Å². The Morgan fingerprint density at radius 1 is 1.07 bits per heavy atom. The fourth-order valence-electron chi connectivity index (χ4n) is 3.53. The van der Waals surface area contributed by atoms with E-state index in [0.29, 0.717) is 40.3 Å². The summed E-state index contributed by atoms with van der Waals surface area (Å²) in [5.74, 6) is 0.679. The summed E-state index contributed by atoms with van der Waals surface area (Å²) in [4.78, 5) is 0. The van der Waals surface area contributed by atoms with E-state index < -0.39 is 0 Å². The van der Waals surface area contributed by atoms with Gasteiger partial charge in [0.05, 0.1) is 16.7 Å². The molecule has 0 aromatic heterocycles. The first-order chi connectivity index (χ1) is 14.6. The van der Waals surface area contributed by atoms with Crippen molar-refractivity contribution in [2.75, 3.05) is 13.2 Å². The van der Waals surface area contributed by atoms with E-state index in [2.05, 4.69) is 11.4 Å². The van der Waals surface area contributed by atoms with Crippen LogP contribution in [-0.4, -0.2) is 13.2 Å². The van der Waals surface area contributed by atoms with Crippen LogP contribution < -0.4 is 14.8 Å². The molecule has 0 fully saturated rings. The Kier molecular flexibility index (Phi) is 8.86. The third-order valence-electron chi connectivity index (χ3n) is 5.09. The molecule has 2 aromatic carbocycles. The van der Waals surface area contributed by atoms with Gasteiger partial charge in [0.1, 0.15) is 12.4 Å².